The van der Waals surface area contributed by atoms with Crippen LogP contribution in [0.5, 0.6) is 5.75 Å². The van der Waals surface area contributed by atoms with Gasteiger partial charge in [0.25, 0.3) is 5.91 Å². The number of likely N-dealkylation sites (tertiary alicyclic amines) is 1. The van der Waals surface area contributed by atoms with E-state index in [1.807, 2.05) is 53.4 Å². The van der Waals surface area contributed by atoms with Gasteiger partial charge in [-0.2, -0.15) is 0 Å². The zero-order valence-electron chi connectivity index (χ0n) is 35.9. The molecule has 0 spiro atoms. The number of nitrogens with one attached hydrogen (secondary N) is 3. The van der Waals surface area contributed by atoms with Gasteiger partial charge in [0, 0.05) is 67.2 Å². The molecule has 3 N–H and O–H groups in total. The van der Waals surface area contributed by atoms with E-state index in [0.29, 0.717) is 61.1 Å². The Hall–Kier alpha value is -5.84. The number of rotatable bonds is 10. The fraction of sp³-hybridized carbons (Fsp3) is 0.455. The summed E-state index contributed by atoms with van der Waals surface area (Å²) < 4.78 is 50.5. The van der Waals surface area contributed by atoms with Gasteiger partial charge in [-0.1, -0.05) is 77.4 Å². The Balaban J connectivity index is 1.17. The number of alkyl halides is 3. The number of alkyl carbamates (subject to hydrolysis) is 1. The van der Waals surface area contributed by atoms with E-state index in [1.165, 1.54) is 19.4 Å². The summed E-state index contributed by atoms with van der Waals surface area (Å²) in [6, 6.07) is 10.9. The molecule has 2 aromatic heterocycles. The number of nitrogens with zero attached hydrogens (tertiary/aromatic N) is 5. The largest absolute Gasteiger partial charge is 0.573 e. The minimum absolute atomic E-state index is 0.0263. The monoisotopic (exact) mass is 880 g/mol. The number of methoxy groups -OCH3 is 1. The third-order valence-electron chi connectivity index (χ3n) is 11.0. The second-order valence-electron chi connectivity index (χ2n) is 17.2. The number of halogens is 4. The highest BCUT2D eigenvalue weighted by atomic mass is 35.5. The maximum absolute atomic E-state index is 13.8. The van der Waals surface area contributed by atoms with Gasteiger partial charge < -0.3 is 39.8 Å². The molecule has 0 bridgehead atoms. The molecule has 0 radical (unpaired) electrons. The maximum Gasteiger partial charge on any atom is 0.573 e. The lowest BCUT2D eigenvalue weighted by Crippen LogP contribution is -2.56. The number of aromatic nitrogens is 3. The van der Waals surface area contributed by atoms with Gasteiger partial charge in [-0.25, -0.2) is 14.8 Å². The fourth-order valence-electron chi connectivity index (χ4n) is 7.83. The second-order valence-corrected chi connectivity index (χ2v) is 17.6. The van der Waals surface area contributed by atoms with Crippen molar-refractivity contribution < 1.29 is 41.8 Å². The molecule has 4 aromatic rings. The predicted octanol–water partition coefficient (Wildman–Crippen LogP) is 8.32. The number of carbonyl (C=O) groups is 4. The Kier molecular flexibility index (Phi) is 13.4. The molecule has 62 heavy (non-hydrogen) atoms. The molecule has 4 heterocycles. The Labute approximate surface area is 363 Å². The summed E-state index contributed by atoms with van der Waals surface area (Å²) in [6.45, 7) is 15.4. The highest BCUT2D eigenvalue weighted by molar-refractivity contribution is 6.34. The van der Waals surface area contributed by atoms with Crippen molar-refractivity contribution in [2.45, 2.75) is 79.4 Å². The highest BCUT2D eigenvalue weighted by Crippen LogP contribution is 2.41. The van der Waals surface area contributed by atoms with Crippen LogP contribution in [0.25, 0.3) is 22.4 Å². The van der Waals surface area contributed by atoms with Crippen molar-refractivity contribution >= 4 is 46.9 Å². The molecule has 4 atom stereocenters. The lowest BCUT2D eigenvalue weighted by atomic mass is 9.94. The van der Waals surface area contributed by atoms with E-state index < -0.39 is 35.6 Å². The normalized spacial score (nSPS) is 18.7. The highest BCUT2D eigenvalue weighted by Gasteiger charge is 2.40. The molecule has 332 valence electrons. The van der Waals surface area contributed by atoms with E-state index in [9.17, 15) is 32.3 Å². The number of hydrogen-bond donors (Lipinski definition) is 3. The van der Waals surface area contributed by atoms with Gasteiger partial charge in [0.15, 0.2) is 0 Å². The molecule has 0 aliphatic carbocycles. The third kappa shape index (κ3) is 10.4. The first-order valence-corrected chi connectivity index (χ1v) is 20.7. The number of hydrogen-bond acceptors (Lipinski definition) is 9. The number of pyridine rings is 1. The zero-order chi connectivity index (χ0) is 45.3. The van der Waals surface area contributed by atoms with Gasteiger partial charge in [0.2, 0.25) is 11.8 Å². The van der Waals surface area contributed by atoms with Gasteiger partial charge in [-0.15, -0.1) is 13.2 Å². The molecule has 6 rings (SSSR count). The third-order valence-corrected chi connectivity index (χ3v) is 11.3. The Morgan fingerprint density at radius 3 is 2.26 bits per heavy atom. The van der Waals surface area contributed by atoms with E-state index in [4.69, 9.17) is 21.3 Å². The van der Waals surface area contributed by atoms with Crippen molar-refractivity contribution in [3.05, 3.63) is 77.3 Å². The molecule has 2 aliphatic heterocycles. The molecule has 2 saturated heterocycles. The van der Waals surface area contributed by atoms with Gasteiger partial charge in [-0.05, 0) is 48.9 Å². The van der Waals surface area contributed by atoms with E-state index in [0.717, 1.165) is 6.07 Å². The molecule has 4 amide bonds. The van der Waals surface area contributed by atoms with Crippen LogP contribution in [0.4, 0.5) is 29.5 Å². The minimum Gasteiger partial charge on any atom is -0.453 e. The van der Waals surface area contributed by atoms with E-state index in [2.05, 4.69) is 30.2 Å². The number of anilines is 2. The SMILES string of the molecule is COC(=O)N[C@H](C(=O)N1C[C@@H](C)C[C@H]1c1nc(-c2ccc(-c3cc(Cl)c(NC(=O)c4ccc(N5CCN(C(=O)C(C)(C)C)C[C@H]5C)nc4)cc3OC(F)(F)F)cc2)c[nH]1)C(C)C. The molecule has 0 saturated carbocycles. The van der Waals surface area contributed by atoms with Crippen molar-refractivity contribution in [2.24, 2.45) is 17.3 Å². The number of carbonyl (C=O) groups excluding carboxylic acids is 4. The number of benzene rings is 2. The molecule has 2 fully saturated rings. The zero-order valence-corrected chi connectivity index (χ0v) is 36.6. The summed E-state index contributed by atoms with van der Waals surface area (Å²) in [6.07, 6.45) is -2.05. The van der Waals surface area contributed by atoms with Crippen LogP contribution in [0.2, 0.25) is 5.02 Å². The van der Waals surface area contributed by atoms with Crippen LogP contribution in [0.1, 0.15) is 77.1 Å². The molecule has 0 unspecified atom stereocenters. The molecular formula is C44H52ClF3N8O6. The van der Waals surface area contributed by atoms with Gasteiger partial charge in [-0.3, -0.25) is 14.4 Å². The summed E-state index contributed by atoms with van der Waals surface area (Å²) in [5, 5.41) is 5.20. The summed E-state index contributed by atoms with van der Waals surface area (Å²) in [7, 11) is 1.24. The number of piperazine rings is 1. The van der Waals surface area contributed by atoms with Crippen LogP contribution in [0.3, 0.4) is 0 Å². The van der Waals surface area contributed by atoms with Crippen LogP contribution < -0.4 is 20.3 Å². The first kappa shape index (κ1) is 45.7. The lowest BCUT2D eigenvalue weighted by molar-refractivity contribution is -0.274. The van der Waals surface area contributed by atoms with E-state index in [1.54, 1.807) is 47.5 Å². The van der Waals surface area contributed by atoms with Crippen LogP contribution in [-0.2, 0) is 14.3 Å². The summed E-state index contributed by atoms with van der Waals surface area (Å²) in [5.74, 6) is -0.268. The van der Waals surface area contributed by atoms with Crippen LogP contribution >= 0.6 is 11.6 Å². The first-order valence-electron chi connectivity index (χ1n) is 20.4. The first-order chi connectivity index (χ1) is 29.1. The fourth-order valence-corrected chi connectivity index (χ4v) is 8.04. The van der Waals surface area contributed by atoms with Gasteiger partial charge >= 0.3 is 12.5 Å². The molecular weight excluding hydrogens is 829 g/mol. The van der Waals surface area contributed by atoms with Crippen molar-refractivity contribution in [1.29, 1.82) is 0 Å². The summed E-state index contributed by atoms with van der Waals surface area (Å²) in [4.78, 5) is 69.9. The van der Waals surface area contributed by atoms with E-state index in [-0.39, 0.29) is 57.6 Å². The summed E-state index contributed by atoms with van der Waals surface area (Å²) >= 11 is 6.59. The average Bonchev–Trinajstić information content (AvgIpc) is 3.86. The van der Waals surface area contributed by atoms with Crippen molar-refractivity contribution in [2.75, 3.05) is 43.5 Å². The van der Waals surface area contributed by atoms with Crippen molar-refractivity contribution in [3.63, 3.8) is 0 Å². The van der Waals surface area contributed by atoms with Crippen molar-refractivity contribution in [1.82, 2.24) is 30.1 Å². The summed E-state index contributed by atoms with van der Waals surface area (Å²) in [5.41, 5.74) is 1.11. The van der Waals surface area contributed by atoms with Crippen LogP contribution in [0, 0.1) is 17.3 Å². The Bertz CT molecular complexity index is 2280. The number of H-pyrrole nitrogens is 1. The quantitative estimate of drug-likeness (QED) is 0.142. The standard InChI is InChI=1S/C44H52ClF3N8O6/c1-24(2)37(53-42(60)61-8)40(58)56-22-25(3)17-34(56)38-50-21-33(51-38)28-11-9-27(10-12-28)30-18-31(45)32(19-35(30)62-44(46,47)48)52-39(57)29-13-14-36(49-20-29)55-16-15-54(23-26(55)4)41(59)43(5,6)7/h9-14,18-21,24-26,34,37H,15-17,22-23H2,1-8H3,(H,50,51)(H,52,57)(H,53,60)/t25-,26+,34-,37-/m0/s1. The predicted molar refractivity (Wildman–Crippen MR) is 229 cm³/mol. The second kappa shape index (κ2) is 18.2. The number of amides is 4. The Morgan fingerprint density at radius 2 is 1.66 bits per heavy atom. The van der Waals surface area contributed by atoms with Crippen LogP contribution in [0.15, 0.2) is 60.9 Å². The molecule has 2 aliphatic rings. The molecule has 14 nitrogen and oxygen atoms in total. The van der Waals surface area contributed by atoms with E-state index >= 15 is 0 Å². The lowest BCUT2D eigenvalue weighted by Gasteiger charge is -2.42. The van der Waals surface area contributed by atoms with Gasteiger partial charge in [0.05, 0.1) is 35.1 Å². The molecule has 18 heteroatoms. The van der Waals surface area contributed by atoms with Crippen LogP contribution in [-0.4, -0.2) is 100 Å². The molecule has 2 aromatic carbocycles. The van der Waals surface area contributed by atoms with Crippen molar-refractivity contribution in [3.8, 4) is 28.1 Å². The topological polar surface area (TPSA) is 162 Å². The number of imidazole rings is 1. The maximum atomic E-state index is 13.8. The van der Waals surface area contributed by atoms with Gasteiger partial charge in [0.1, 0.15) is 23.4 Å². The Morgan fingerprint density at radius 1 is 0.968 bits per heavy atom. The smallest absolute Gasteiger partial charge is 0.453 e. The average molecular weight is 881 g/mol. The number of ether oxygens (including phenoxy) is 2. The number of aromatic amines is 1. The minimum atomic E-state index is -5.06.